The van der Waals surface area contributed by atoms with Crippen LogP contribution in [0.2, 0.25) is 0 Å². The van der Waals surface area contributed by atoms with Gasteiger partial charge in [0.1, 0.15) is 11.5 Å². The van der Waals surface area contributed by atoms with Crippen molar-refractivity contribution in [3.05, 3.63) is 241 Å². The molecular weight excluding hydrogens is 785 g/mol. The number of ether oxygens (including phenoxy) is 1. The number of fused-ring (bicyclic) bond motifs is 12. The highest BCUT2D eigenvalue weighted by atomic mass is 32.1. The van der Waals surface area contributed by atoms with E-state index in [9.17, 15) is 0 Å². The molecule has 2 aromatic heterocycles. The molecule has 1 spiro atoms. The molecule has 4 heteroatoms. The highest BCUT2D eigenvalue weighted by Crippen LogP contribution is 2.63. The van der Waals surface area contributed by atoms with Crippen molar-refractivity contribution < 1.29 is 4.74 Å². The Balaban J connectivity index is 0.963. The molecule has 9 aromatic carbocycles. The van der Waals surface area contributed by atoms with Crippen molar-refractivity contribution in [2.24, 2.45) is 0 Å². The predicted octanol–water partition coefficient (Wildman–Crippen LogP) is 15.6. The van der Waals surface area contributed by atoms with Gasteiger partial charge in [0, 0.05) is 48.0 Å². The summed E-state index contributed by atoms with van der Waals surface area (Å²) in [4.78, 5) is 10.2. The van der Waals surface area contributed by atoms with Gasteiger partial charge in [-0.2, -0.15) is 0 Å². The number of hydrogen-bond donors (Lipinski definition) is 0. The average molecular weight is 821 g/mol. The van der Waals surface area contributed by atoms with Crippen LogP contribution in [0.3, 0.4) is 0 Å². The molecule has 63 heavy (non-hydrogen) atoms. The SMILES string of the molecule is c1ccc(-c2cc(-c3cccc(-c4cccc(-c5ccc6c(c5)C5(c7ccccc7Oc7ccccc75)c5cc7sc8ccccc8c7cc5-6)c4)c3)nc(-c3ccccc3)n2)cc1. The van der Waals surface area contributed by atoms with Crippen molar-refractivity contribution in [2.75, 3.05) is 0 Å². The zero-order chi connectivity index (χ0) is 41.5. The fourth-order valence-corrected chi connectivity index (χ4v) is 11.2. The maximum Gasteiger partial charge on any atom is 0.160 e. The van der Waals surface area contributed by atoms with Crippen LogP contribution >= 0.6 is 11.3 Å². The molecule has 294 valence electrons. The van der Waals surface area contributed by atoms with Gasteiger partial charge >= 0.3 is 0 Å². The topological polar surface area (TPSA) is 35.0 Å². The molecule has 0 fully saturated rings. The fraction of sp³-hybridized carbons (Fsp3) is 0.0169. The van der Waals surface area contributed by atoms with Crippen molar-refractivity contribution in [1.29, 1.82) is 0 Å². The summed E-state index contributed by atoms with van der Waals surface area (Å²) >= 11 is 1.88. The van der Waals surface area contributed by atoms with E-state index < -0.39 is 5.41 Å². The Hall–Kier alpha value is -7.92. The van der Waals surface area contributed by atoms with Gasteiger partial charge in [-0.05, 0) is 99.1 Å². The largest absolute Gasteiger partial charge is 0.457 e. The Kier molecular flexibility index (Phi) is 7.99. The van der Waals surface area contributed by atoms with E-state index in [2.05, 4.69) is 194 Å². The van der Waals surface area contributed by atoms with E-state index in [1.807, 2.05) is 35.6 Å². The molecule has 11 aromatic rings. The van der Waals surface area contributed by atoms with E-state index in [0.29, 0.717) is 5.82 Å². The molecule has 0 bridgehead atoms. The van der Waals surface area contributed by atoms with Crippen molar-refractivity contribution in [3.63, 3.8) is 0 Å². The number of rotatable bonds is 5. The maximum atomic E-state index is 6.70. The van der Waals surface area contributed by atoms with Crippen molar-refractivity contribution in [1.82, 2.24) is 9.97 Å². The Morgan fingerprint density at radius 3 is 1.59 bits per heavy atom. The lowest BCUT2D eigenvalue weighted by atomic mass is 9.66. The first-order chi connectivity index (χ1) is 31.2. The molecule has 3 nitrogen and oxygen atoms in total. The van der Waals surface area contributed by atoms with E-state index in [1.54, 1.807) is 0 Å². The molecule has 1 aliphatic carbocycles. The number of hydrogen-bond acceptors (Lipinski definition) is 4. The fourth-order valence-electron chi connectivity index (χ4n) is 10.1. The van der Waals surface area contributed by atoms with E-state index >= 15 is 0 Å². The first-order valence-corrected chi connectivity index (χ1v) is 22.2. The second-order valence-electron chi connectivity index (χ2n) is 16.5. The van der Waals surface area contributed by atoms with Gasteiger partial charge in [0.2, 0.25) is 0 Å². The molecule has 0 amide bonds. The van der Waals surface area contributed by atoms with Gasteiger partial charge in [-0.3, -0.25) is 0 Å². The normalized spacial score (nSPS) is 13.0. The van der Waals surface area contributed by atoms with Gasteiger partial charge in [0.25, 0.3) is 0 Å². The molecule has 0 N–H and O–H groups in total. The van der Waals surface area contributed by atoms with Crippen LogP contribution in [-0.2, 0) is 5.41 Å². The van der Waals surface area contributed by atoms with Gasteiger partial charge in [-0.25, -0.2) is 9.97 Å². The van der Waals surface area contributed by atoms with Crippen LogP contribution in [0.15, 0.2) is 218 Å². The monoisotopic (exact) mass is 820 g/mol. The highest BCUT2D eigenvalue weighted by Gasteiger charge is 2.51. The number of nitrogens with zero attached hydrogens (tertiary/aromatic N) is 2. The van der Waals surface area contributed by atoms with E-state index in [1.165, 1.54) is 59.1 Å². The second kappa shape index (κ2) is 14.1. The summed E-state index contributed by atoms with van der Waals surface area (Å²) in [6.45, 7) is 0. The summed E-state index contributed by atoms with van der Waals surface area (Å²) in [5.74, 6) is 2.50. The van der Waals surface area contributed by atoms with E-state index in [-0.39, 0.29) is 0 Å². The van der Waals surface area contributed by atoms with Crippen molar-refractivity contribution in [2.45, 2.75) is 5.41 Å². The molecule has 2 aliphatic rings. The summed E-state index contributed by atoms with van der Waals surface area (Å²) in [7, 11) is 0. The van der Waals surface area contributed by atoms with Crippen LogP contribution in [0.5, 0.6) is 11.5 Å². The number of benzene rings is 9. The van der Waals surface area contributed by atoms with E-state index in [0.717, 1.165) is 56.3 Å². The van der Waals surface area contributed by atoms with Crippen LogP contribution in [0, 0.1) is 0 Å². The van der Waals surface area contributed by atoms with Gasteiger partial charge in [0.15, 0.2) is 5.82 Å². The van der Waals surface area contributed by atoms with Crippen LogP contribution in [0.25, 0.3) is 87.5 Å². The minimum atomic E-state index is -0.572. The quantitative estimate of drug-likeness (QED) is 0.173. The Morgan fingerprint density at radius 2 is 0.873 bits per heavy atom. The third kappa shape index (κ3) is 5.58. The maximum absolute atomic E-state index is 6.70. The molecule has 13 rings (SSSR count). The molecule has 0 unspecified atom stereocenters. The van der Waals surface area contributed by atoms with Gasteiger partial charge in [-0.1, -0.05) is 164 Å². The minimum absolute atomic E-state index is 0.572. The van der Waals surface area contributed by atoms with Crippen LogP contribution in [0.1, 0.15) is 22.3 Å². The van der Waals surface area contributed by atoms with Crippen LogP contribution < -0.4 is 4.74 Å². The molecule has 0 radical (unpaired) electrons. The zero-order valence-corrected chi connectivity index (χ0v) is 34.8. The molecule has 3 heterocycles. The van der Waals surface area contributed by atoms with Crippen molar-refractivity contribution >= 4 is 31.5 Å². The minimum Gasteiger partial charge on any atom is -0.457 e. The van der Waals surface area contributed by atoms with Gasteiger partial charge < -0.3 is 4.74 Å². The molecule has 0 saturated carbocycles. The zero-order valence-electron chi connectivity index (χ0n) is 34.0. The Bertz CT molecular complexity index is 3510. The summed E-state index contributed by atoms with van der Waals surface area (Å²) in [6, 6.07) is 78.4. The molecule has 1 aliphatic heterocycles. The second-order valence-corrected chi connectivity index (χ2v) is 17.5. The van der Waals surface area contributed by atoms with Gasteiger partial charge in [0.05, 0.1) is 16.8 Å². The van der Waals surface area contributed by atoms with Gasteiger partial charge in [-0.15, -0.1) is 11.3 Å². The summed E-state index contributed by atoms with van der Waals surface area (Å²) < 4.78 is 9.31. The summed E-state index contributed by atoms with van der Waals surface area (Å²) in [5, 5.41) is 2.61. The van der Waals surface area contributed by atoms with Crippen LogP contribution in [0.4, 0.5) is 0 Å². The molecular formula is C59H36N2OS. The summed E-state index contributed by atoms with van der Waals surface area (Å²) in [6.07, 6.45) is 0. The lowest BCUT2D eigenvalue weighted by Gasteiger charge is -2.39. The predicted molar refractivity (Wildman–Crippen MR) is 259 cm³/mol. The first kappa shape index (κ1) is 35.8. The number of thiophene rings is 1. The third-order valence-electron chi connectivity index (χ3n) is 13.0. The standard InChI is InChI=1S/C59H36N2OS/c1-3-15-37(16-4-1)52-36-53(61-58(60-52)38-17-5-2-6-18-38)43-22-14-21-41(32-43)39-19-13-20-40(31-39)42-29-30-44-46-34-47-45-23-7-12-28-56(45)63-57(47)35-51(46)59(50(44)33-42)48-24-8-10-26-54(48)62-55-27-11-9-25-49(55)59/h1-36H. The van der Waals surface area contributed by atoms with Crippen molar-refractivity contribution in [3.8, 4) is 78.8 Å². The van der Waals surface area contributed by atoms with Crippen LogP contribution in [-0.4, -0.2) is 9.97 Å². The Labute approximate surface area is 369 Å². The Morgan fingerprint density at radius 1 is 0.333 bits per heavy atom. The smallest absolute Gasteiger partial charge is 0.160 e. The third-order valence-corrected chi connectivity index (χ3v) is 14.1. The lowest BCUT2D eigenvalue weighted by Crippen LogP contribution is -2.32. The highest BCUT2D eigenvalue weighted by molar-refractivity contribution is 7.25. The molecule has 0 saturated heterocycles. The summed E-state index contributed by atoms with van der Waals surface area (Å²) in [5.41, 5.74) is 16.3. The number of aromatic nitrogens is 2. The lowest BCUT2D eigenvalue weighted by molar-refractivity contribution is 0.436. The number of para-hydroxylation sites is 2. The molecule has 0 atom stereocenters. The average Bonchev–Trinajstić information content (AvgIpc) is 3.86. The van der Waals surface area contributed by atoms with E-state index in [4.69, 9.17) is 14.7 Å². The first-order valence-electron chi connectivity index (χ1n) is 21.4.